The molecule has 310 valence electrons. The van der Waals surface area contributed by atoms with Crippen LogP contribution in [0.15, 0.2) is 24.8 Å². The third kappa shape index (κ3) is 14.6. The second kappa shape index (κ2) is 20.1. The Morgan fingerprint density at radius 1 is 1.09 bits per heavy atom. The quantitative estimate of drug-likeness (QED) is 0.0428. The van der Waals surface area contributed by atoms with E-state index in [-0.39, 0.29) is 41.6 Å². The van der Waals surface area contributed by atoms with Crippen molar-refractivity contribution in [2.45, 2.75) is 70.7 Å². The summed E-state index contributed by atoms with van der Waals surface area (Å²) in [6, 6.07) is 0. The molecule has 1 aliphatic rings. The third-order valence-electron chi connectivity index (χ3n) is 7.46. The van der Waals surface area contributed by atoms with E-state index in [1.54, 1.807) is 6.08 Å². The molecule has 0 radical (unpaired) electrons. The maximum Gasteiger partial charge on any atom is 0.481 e. The van der Waals surface area contributed by atoms with Crippen molar-refractivity contribution in [1.29, 1.82) is 0 Å². The molecule has 0 spiro atoms. The number of carbonyl (C=O) groups excluding carboxylic acids is 3. The number of phosphoric acid groups is 3. The van der Waals surface area contributed by atoms with Gasteiger partial charge in [0, 0.05) is 30.7 Å². The topological polar surface area (TPSA) is 364 Å². The number of rotatable bonds is 22. The highest BCUT2D eigenvalue weighted by atomic mass is 32.2. The molecule has 10 N–H and O–H groups in total. The molecule has 1 saturated heterocycles. The number of nitrogens with two attached hydrogens (primary N) is 1. The lowest BCUT2D eigenvalue weighted by molar-refractivity contribution is -0.137. The van der Waals surface area contributed by atoms with Crippen LogP contribution in [0.2, 0.25) is 0 Å². The van der Waals surface area contributed by atoms with Crippen LogP contribution in [0.5, 0.6) is 0 Å². The number of thioether (sulfide) groups is 1. The maximum atomic E-state index is 12.7. The van der Waals surface area contributed by atoms with E-state index in [2.05, 4.69) is 34.4 Å². The van der Waals surface area contributed by atoms with Gasteiger partial charge in [-0.3, -0.25) is 32.5 Å². The Morgan fingerprint density at radius 3 is 2.45 bits per heavy atom. The van der Waals surface area contributed by atoms with Crippen LogP contribution in [0.3, 0.4) is 0 Å². The number of imidazole rings is 1. The van der Waals surface area contributed by atoms with Gasteiger partial charge < -0.3 is 50.9 Å². The SMILES string of the molecule is CCC/C=C\C(=O)SCCNC(=O)CCNC(=O)C(O)C(C)(C)COP(=O)(O)OP(=O)(O)OC[C@H]1O[C@@H](n2cnc3c(N)ncnc32)[C@H](O)[C@@H]1OP(=O)(O)O. The molecule has 55 heavy (non-hydrogen) atoms. The number of ether oxygens (including phenoxy) is 1. The summed E-state index contributed by atoms with van der Waals surface area (Å²) in [6.07, 6.45) is -1.97. The van der Waals surface area contributed by atoms with E-state index >= 15 is 0 Å². The lowest BCUT2D eigenvalue weighted by Crippen LogP contribution is -2.46. The lowest BCUT2D eigenvalue weighted by Gasteiger charge is -2.30. The average molecular weight is 864 g/mol. The number of amides is 2. The Bertz CT molecular complexity index is 1830. The monoisotopic (exact) mass is 863 g/mol. The van der Waals surface area contributed by atoms with E-state index in [4.69, 9.17) is 19.5 Å². The minimum Gasteiger partial charge on any atom is -0.386 e. The summed E-state index contributed by atoms with van der Waals surface area (Å²) in [5.41, 5.74) is 4.26. The van der Waals surface area contributed by atoms with Crippen molar-refractivity contribution in [3.63, 3.8) is 0 Å². The highest BCUT2D eigenvalue weighted by Gasteiger charge is 2.50. The maximum absolute atomic E-state index is 12.7. The smallest absolute Gasteiger partial charge is 0.386 e. The second-order valence-electron chi connectivity index (χ2n) is 12.4. The van der Waals surface area contributed by atoms with Crippen molar-refractivity contribution in [2.75, 3.05) is 37.8 Å². The second-order valence-corrected chi connectivity index (χ2v) is 17.8. The van der Waals surface area contributed by atoms with Crippen molar-refractivity contribution >= 4 is 69.1 Å². The number of nitrogens with zero attached hydrogens (tertiary/aromatic N) is 4. The molecule has 7 atom stereocenters. The number of aromatic nitrogens is 4. The molecule has 24 nitrogen and oxygen atoms in total. The molecule has 2 aromatic heterocycles. The first-order valence-corrected chi connectivity index (χ1v) is 21.8. The van der Waals surface area contributed by atoms with Crippen molar-refractivity contribution in [2.24, 2.45) is 5.41 Å². The van der Waals surface area contributed by atoms with E-state index < -0.39 is 84.6 Å². The molecule has 3 rings (SSSR count). The summed E-state index contributed by atoms with van der Waals surface area (Å²) >= 11 is 1.03. The number of anilines is 1. The van der Waals surface area contributed by atoms with Gasteiger partial charge in [0.25, 0.3) is 0 Å². The van der Waals surface area contributed by atoms with Crippen molar-refractivity contribution in [1.82, 2.24) is 30.2 Å². The molecular formula is C27H44N7O17P3S. The van der Waals surface area contributed by atoms with Crippen LogP contribution in [0.4, 0.5) is 5.82 Å². The molecule has 2 aromatic rings. The Labute approximate surface area is 318 Å². The van der Waals surface area contributed by atoms with E-state index in [1.807, 2.05) is 6.92 Å². The van der Waals surface area contributed by atoms with E-state index in [0.29, 0.717) is 5.75 Å². The van der Waals surface area contributed by atoms with Gasteiger partial charge in [0.15, 0.2) is 17.7 Å². The summed E-state index contributed by atoms with van der Waals surface area (Å²) < 4.78 is 62.0. The Hall–Kier alpha value is -2.70. The normalized spacial score (nSPS) is 22.0. The largest absolute Gasteiger partial charge is 0.481 e. The Morgan fingerprint density at radius 2 is 1.78 bits per heavy atom. The summed E-state index contributed by atoms with van der Waals surface area (Å²) in [5.74, 6) is -1.12. The summed E-state index contributed by atoms with van der Waals surface area (Å²) in [7, 11) is -16.4. The minimum absolute atomic E-state index is 0.0305. The zero-order chi connectivity index (χ0) is 41.2. The van der Waals surface area contributed by atoms with Gasteiger partial charge in [0.05, 0.1) is 19.5 Å². The molecule has 3 unspecified atom stereocenters. The standard InChI is InChI=1S/C27H44N7O17P3S/c1-4-5-6-7-18(36)55-11-10-29-17(35)8-9-30-25(39)22(38)27(2,3)13-48-54(45,46)51-53(43,44)47-12-16-21(50-52(40,41)42)20(37)26(49-16)34-15-33-19-23(28)31-14-32-24(19)34/h6-7,14-16,20-22,26,37-38H,4-5,8-13H2,1-3H3,(H,29,35)(H,30,39)(H,43,44)(H,45,46)(H2,28,31,32)(H2,40,41,42)/b7-6-/t16-,20-,21-,22?,26-/m1/s1. The zero-order valence-corrected chi connectivity index (χ0v) is 33.1. The van der Waals surface area contributed by atoms with E-state index in [0.717, 1.165) is 41.8 Å². The molecule has 0 aliphatic carbocycles. The molecule has 1 aliphatic heterocycles. The first-order chi connectivity index (χ1) is 25.6. The predicted octanol–water partition coefficient (Wildman–Crippen LogP) is 0.0210. The van der Waals surface area contributed by atoms with E-state index in [1.165, 1.54) is 19.9 Å². The fourth-order valence-electron chi connectivity index (χ4n) is 4.68. The number of fused-ring (bicyclic) bond motifs is 1. The Kier molecular flexibility index (Phi) is 17.1. The lowest BCUT2D eigenvalue weighted by atomic mass is 9.87. The number of aliphatic hydroxyl groups excluding tert-OH is 2. The first kappa shape index (κ1) is 46.7. The number of unbranched alkanes of at least 4 members (excludes halogenated alkanes) is 1. The van der Waals surface area contributed by atoms with Crippen molar-refractivity contribution in [3.05, 3.63) is 24.8 Å². The number of aliphatic hydroxyl groups is 2. The fourth-order valence-corrected chi connectivity index (χ4v) is 8.10. The van der Waals surface area contributed by atoms with Crippen LogP contribution in [0.1, 0.15) is 46.3 Å². The van der Waals surface area contributed by atoms with Crippen LogP contribution in [0.25, 0.3) is 11.2 Å². The molecule has 1 fully saturated rings. The highest BCUT2D eigenvalue weighted by molar-refractivity contribution is 8.14. The number of phosphoric ester groups is 3. The van der Waals surface area contributed by atoms with Gasteiger partial charge in [0.1, 0.15) is 36.3 Å². The molecule has 0 saturated carbocycles. The van der Waals surface area contributed by atoms with Crippen molar-refractivity contribution in [3.8, 4) is 0 Å². The van der Waals surface area contributed by atoms with Crippen LogP contribution in [-0.2, 0) is 50.7 Å². The average Bonchev–Trinajstić information content (AvgIpc) is 3.64. The van der Waals surface area contributed by atoms with Crippen LogP contribution < -0.4 is 16.4 Å². The molecule has 0 bridgehead atoms. The van der Waals surface area contributed by atoms with Gasteiger partial charge in [-0.25, -0.2) is 28.6 Å². The Balaban J connectivity index is 1.49. The number of nitrogen functional groups attached to an aromatic ring is 1. The first-order valence-electron chi connectivity index (χ1n) is 16.3. The molecular weight excluding hydrogens is 819 g/mol. The van der Waals surface area contributed by atoms with Gasteiger partial charge in [0.2, 0.25) is 16.9 Å². The van der Waals surface area contributed by atoms with Crippen LogP contribution in [-0.4, -0.2) is 123 Å². The third-order valence-corrected chi connectivity index (χ3v) is 11.4. The summed E-state index contributed by atoms with van der Waals surface area (Å²) in [5, 5.41) is 26.2. The number of hydrogen-bond acceptors (Lipinski definition) is 18. The molecule has 2 amide bonds. The zero-order valence-electron chi connectivity index (χ0n) is 29.6. The van der Waals surface area contributed by atoms with Crippen molar-refractivity contribution < 1.29 is 80.5 Å². The summed E-state index contributed by atoms with van der Waals surface area (Å²) in [6.45, 7) is 2.47. The number of nitrogens with one attached hydrogen (secondary N) is 2. The highest BCUT2D eigenvalue weighted by Crippen LogP contribution is 2.61. The van der Waals surface area contributed by atoms with E-state index in [9.17, 15) is 57.9 Å². The molecule has 0 aromatic carbocycles. The number of hydrogen-bond donors (Lipinski definition) is 9. The van der Waals surface area contributed by atoms with Gasteiger partial charge in [-0.15, -0.1) is 0 Å². The molecule has 3 heterocycles. The van der Waals surface area contributed by atoms with Crippen LogP contribution in [0, 0.1) is 5.41 Å². The van der Waals surface area contributed by atoms with Crippen LogP contribution >= 0.6 is 35.2 Å². The van der Waals surface area contributed by atoms with Gasteiger partial charge in [-0.05, 0) is 12.5 Å². The summed E-state index contributed by atoms with van der Waals surface area (Å²) in [4.78, 5) is 87.2. The predicted molar refractivity (Wildman–Crippen MR) is 191 cm³/mol. The van der Waals surface area contributed by atoms with Gasteiger partial charge in [-0.2, -0.15) is 4.31 Å². The fraction of sp³-hybridized carbons (Fsp3) is 0.630. The number of carbonyl (C=O) groups is 3. The van der Waals surface area contributed by atoms with Gasteiger partial charge >= 0.3 is 23.5 Å². The minimum atomic E-state index is -5.57. The number of allylic oxidation sites excluding steroid dienone is 1. The van der Waals surface area contributed by atoms with Gasteiger partial charge in [-0.1, -0.05) is 45.0 Å². The molecule has 28 heteroatoms.